The van der Waals surface area contributed by atoms with Crippen LogP contribution in [-0.2, 0) is 0 Å². The van der Waals surface area contributed by atoms with Crippen LogP contribution in [0.3, 0.4) is 0 Å². The van der Waals surface area contributed by atoms with Crippen LogP contribution in [0.25, 0.3) is 0 Å². The molecule has 0 atom stereocenters. The molecule has 1 heterocycles. The molecule has 0 spiro atoms. The van der Waals surface area contributed by atoms with Crippen molar-refractivity contribution in [2.24, 2.45) is 0 Å². The highest BCUT2D eigenvalue weighted by Crippen LogP contribution is 2.04. The van der Waals surface area contributed by atoms with Gasteiger partial charge in [0.05, 0.1) is 0 Å². The summed E-state index contributed by atoms with van der Waals surface area (Å²) in [6.07, 6.45) is 0. The molecule has 0 saturated carbocycles. The Morgan fingerprint density at radius 3 is 2.70 bits per heavy atom. The van der Waals surface area contributed by atoms with E-state index in [9.17, 15) is 9.90 Å². The van der Waals surface area contributed by atoms with Gasteiger partial charge in [0, 0.05) is 0 Å². The van der Waals surface area contributed by atoms with E-state index in [1.807, 2.05) is 0 Å². The summed E-state index contributed by atoms with van der Waals surface area (Å²) in [5.74, 6) is -1.77. The SMILES string of the molecule is N#Cc1ccc(C(=O)[O-])o1. The first-order valence-corrected chi connectivity index (χ1v) is 2.45. The van der Waals surface area contributed by atoms with Crippen LogP contribution < -0.4 is 5.11 Å². The van der Waals surface area contributed by atoms with E-state index in [1.54, 1.807) is 6.07 Å². The number of nitriles is 1. The highest BCUT2D eigenvalue weighted by Gasteiger charge is 1.99. The largest absolute Gasteiger partial charge is 0.542 e. The molecule has 4 nitrogen and oxygen atoms in total. The fourth-order valence-corrected chi connectivity index (χ4v) is 0.508. The van der Waals surface area contributed by atoms with Crippen LogP contribution in [0.1, 0.15) is 16.3 Å². The Morgan fingerprint density at radius 2 is 2.40 bits per heavy atom. The third kappa shape index (κ3) is 0.977. The van der Waals surface area contributed by atoms with Crippen molar-refractivity contribution in [1.29, 1.82) is 5.26 Å². The third-order valence-electron chi connectivity index (χ3n) is 0.917. The van der Waals surface area contributed by atoms with Crippen molar-refractivity contribution in [3.05, 3.63) is 23.7 Å². The Labute approximate surface area is 56.3 Å². The van der Waals surface area contributed by atoms with Gasteiger partial charge in [0.15, 0.2) is 5.76 Å². The van der Waals surface area contributed by atoms with Gasteiger partial charge in [-0.15, -0.1) is 0 Å². The average molecular weight is 136 g/mol. The molecule has 1 aromatic heterocycles. The van der Waals surface area contributed by atoms with Crippen LogP contribution >= 0.6 is 0 Å². The highest BCUT2D eigenvalue weighted by atomic mass is 16.4. The molecule has 0 aliphatic rings. The smallest absolute Gasteiger partial charge is 0.204 e. The predicted octanol–water partition coefficient (Wildman–Crippen LogP) is -0.485. The Hall–Kier alpha value is -1.76. The van der Waals surface area contributed by atoms with Crippen molar-refractivity contribution in [3.63, 3.8) is 0 Å². The van der Waals surface area contributed by atoms with Gasteiger partial charge < -0.3 is 14.3 Å². The Bertz CT molecular complexity index is 294. The van der Waals surface area contributed by atoms with Gasteiger partial charge in [0.2, 0.25) is 5.76 Å². The summed E-state index contributed by atoms with van der Waals surface area (Å²) in [5, 5.41) is 18.2. The van der Waals surface area contributed by atoms with E-state index in [1.165, 1.54) is 12.1 Å². The zero-order chi connectivity index (χ0) is 7.56. The molecule has 0 aliphatic heterocycles. The maximum absolute atomic E-state index is 10.0. The van der Waals surface area contributed by atoms with Gasteiger partial charge >= 0.3 is 0 Å². The van der Waals surface area contributed by atoms with Crippen LogP contribution in [0.4, 0.5) is 0 Å². The van der Waals surface area contributed by atoms with Crippen molar-refractivity contribution in [2.75, 3.05) is 0 Å². The first kappa shape index (κ1) is 6.36. The summed E-state index contributed by atoms with van der Waals surface area (Å²) in [6.45, 7) is 0. The fourth-order valence-electron chi connectivity index (χ4n) is 0.508. The van der Waals surface area contributed by atoms with Crippen molar-refractivity contribution in [1.82, 2.24) is 0 Å². The minimum atomic E-state index is -1.42. The molecule has 0 aliphatic carbocycles. The number of carboxylic acid groups (broad SMARTS) is 1. The summed E-state index contributed by atoms with van der Waals surface area (Å²) in [4.78, 5) is 10.0. The van der Waals surface area contributed by atoms with E-state index in [4.69, 9.17) is 5.26 Å². The Balaban J connectivity index is 3.02. The molecule has 0 bridgehead atoms. The molecular formula is C6H2NO3-. The molecule has 0 N–H and O–H groups in total. The standard InChI is InChI=1S/C6H3NO3/c7-3-4-1-2-5(10-4)6(8)9/h1-2H,(H,8,9)/p-1. The fraction of sp³-hybridized carbons (Fsp3) is 0. The quantitative estimate of drug-likeness (QED) is 0.522. The van der Waals surface area contributed by atoms with Gasteiger partial charge in [-0.25, -0.2) is 0 Å². The monoisotopic (exact) mass is 136 g/mol. The zero-order valence-electron chi connectivity index (χ0n) is 4.83. The molecule has 1 rings (SSSR count). The van der Waals surface area contributed by atoms with Gasteiger partial charge in [-0.2, -0.15) is 5.26 Å². The van der Waals surface area contributed by atoms with E-state index in [2.05, 4.69) is 4.42 Å². The Kier molecular flexibility index (Phi) is 1.42. The van der Waals surface area contributed by atoms with Crippen LogP contribution in [0.15, 0.2) is 16.5 Å². The number of carbonyl (C=O) groups is 1. The van der Waals surface area contributed by atoms with E-state index in [0.29, 0.717) is 0 Å². The molecule has 50 valence electrons. The molecule has 0 saturated heterocycles. The molecule has 0 unspecified atom stereocenters. The number of rotatable bonds is 1. The molecule has 10 heavy (non-hydrogen) atoms. The Morgan fingerprint density at radius 1 is 1.70 bits per heavy atom. The number of carbonyl (C=O) groups excluding carboxylic acids is 1. The molecular weight excluding hydrogens is 134 g/mol. The van der Waals surface area contributed by atoms with Gasteiger partial charge in [-0.05, 0) is 12.1 Å². The minimum absolute atomic E-state index is 0.0285. The van der Waals surface area contributed by atoms with Crippen LogP contribution in [-0.4, -0.2) is 5.97 Å². The number of nitrogens with zero attached hydrogens (tertiary/aromatic N) is 1. The van der Waals surface area contributed by atoms with Crippen LogP contribution in [0.5, 0.6) is 0 Å². The third-order valence-corrected chi connectivity index (χ3v) is 0.917. The molecule has 0 aromatic carbocycles. The van der Waals surface area contributed by atoms with Crippen molar-refractivity contribution < 1.29 is 14.3 Å². The lowest BCUT2D eigenvalue weighted by atomic mass is 10.4. The summed E-state index contributed by atoms with van der Waals surface area (Å²) < 4.78 is 4.47. The topological polar surface area (TPSA) is 77.1 Å². The summed E-state index contributed by atoms with van der Waals surface area (Å²) in [5.41, 5.74) is 0. The molecule has 0 amide bonds. The normalized spacial score (nSPS) is 8.70. The lowest BCUT2D eigenvalue weighted by Crippen LogP contribution is -2.21. The van der Waals surface area contributed by atoms with E-state index in [0.717, 1.165) is 0 Å². The van der Waals surface area contributed by atoms with Crippen LogP contribution in [0.2, 0.25) is 0 Å². The summed E-state index contributed by atoms with van der Waals surface area (Å²) in [7, 11) is 0. The molecule has 0 radical (unpaired) electrons. The maximum atomic E-state index is 10.0. The molecule has 4 heteroatoms. The van der Waals surface area contributed by atoms with Gasteiger partial charge in [0.25, 0.3) is 0 Å². The van der Waals surface area contributed by atoms with Gasteiger partial charge in [-0.1, -0.05) is 0 Å². The summed E-state index contributed by atoms with van der Waals surface area (Å²) in [6, 6.07) is 4.09. The number of hydrogen-bond acceptors (Lipinski definition) is 4. The van der Waals surface area contributed by atoms with E-state index >= 15 is 0 Å². The average Bonchev–Trinajstić information content (AvgIpc) is 2.34. The predicted molar refractivity (Wildman–Crippen MR) is 27.8 cm³/mol. The second kappa shape index (κ2) is 2.23. The number of carboxylic acids is 1. The van der Waals surface area contributed by atoms with E-state index in [-0.39, 0.29) is 11.5 Å². The van der Waals surface area contributed by atoms with Crippen LogP contribution in [0, 0.1) is 11.3 Å². The maximum Gasteiger partial charge on any atom is 0.204 e. The second-order valence-electron chi connectivity index (χ2n) is 1.56. The highest BCUT2D eigenvalue weighted by molar-refractivity contribution is 5.82. The van der Waals surface area contributed by atoms with E-state index < -0.39 is 5.97 Å². The lowest BCUT2D eigenvalue weighted by molar-refractivity contribution is -0.257. The first-order chi connectivity index (χ1) is 4.74. The zero-order valence-corrected chi connectivity index (χ0v) is 4.83. The van der Waals surface area contributed by atoms with Crippen molar-refractivity contribution in [2.45, 2.75) is 0 Å². The van der Waals surface area contributed by atoms with Gasteiger partial charge in [-0.3, -0.25) is 0 Å². The first-order valence-electron chi connectivity index (χ1n) is 2.45. The van der Waals surface area contributed by atoms with Crippen molar-refractivity contribution in [3.8, 4) is 6.07 Å². The molecule has 1 aromatic rings. The number of aromatic carboxylic acids is 1. The van der Waals surface area contributed by atoms with Crippen molar-refractivity contribution >= 4 is 5.97 Å². The van der Waals surface area contributed by atoms with Gasteiger partial charge in [0.1, 0.15) is 12.0 Å². The summed E-state index contributed by atoms with van der Waals surface area (Å²) >= 11 is 0. The molecule has 0 fully saturated rings. The lowest BCUT2D eigenvalue weighted by Gasteiger charge is -1.91. The minimum Gasteiger partial charge on any atom is -0.542 e. The number of hydrogen-bond donors (Lipinski definition) is 0. The number of furan rings is 1. The second-order valence-corrected chi connectivity index (χ2v) is 1.56.